The Morgan fingerprint density at radius 2 is 1.79 bits per heavy atom. The maximum absolute atomic E-state index is 13.3. The normalized spacial score (nSPS) is 14.0. The van der Waals surface area contributed by atoms with E-state index in [0.29, 0.717) is 28.7 Å². The van der Waals surface area contributed by atoms with Crippen molar-refractivity contribution in [2.24, 2.45) is 0 Å². The molecule has 1 saturated heterocycles. The molecule has 4 aromatic rings. The molecule has 0 aliphatic carbocycles. The van der Waals surface area contributed by atoms with Gasteiger partial charge in [0, 0.05) is 34.7 Å². The summed E-state index contributed by atoms with van der Waals surface area (Å²) in [6, 6.07) is 16.5. The summed E-state index contributed by atoms with van der Waals surface area (Å²) < 4.78 is 1.13. The van der Waals surface area contributed by atoms with Crippen molar-refractivity contribution in [1.29, 1.82) is 0 Å². The first-order valence-electron chi connectivity index (χ1n) is 10.8. The first-order chi connectivity index (χ1) is 16.0. The van der Waals surface area contributed by atoms with Crippen LogP contribution in [-0.2, 0) is 4.79 Å². The third kappa shape index (κ3) is 3.93. The van der Waals surface area contributed by atoms with Crippen LogP contribution in [0.25, 0.3) is 21.3 Å². The minimum atomic E-state index is -0.428. The van der Waals surface area contributed by atoms with Crippen molar-refractivity contribution < 1.29 is 9.59 Å². The second-order valence-corrected chi connectivity index (χ2v) is 9.19. The van der Waals surface area contributed by atoms with Crippen LogP contribution in [0.3, 0.4) is 0 Å². The van der Waals surface area contributed by atoms with Crippen LogP contribution in [0.5, 0.6) is 0 Å². The highest BCUT2D eigenvalue weighted by molar-refractivity contribution is 7.19. The minimum absolute atomic E-state index is 0.102. The van der Waals surface area contributed by atoms with Crippen molar-refractivity contribution in [2.75, 3.05) is 16.9 Å². The second-order valence-electron chi connectivity index (χ2n) is 7.99. The highest BCUT2D eigenvalue weighted by atomic mass is 32.1. The van der Waals surface area contributed by atoms with Gasteiger partial charge in [-0.2, -0.15) is 0 Å². The molecule has 1 N–H and O–H groups in total. The Labute approximate surface area is 194 Å². The highest BCUT2D eigenvalue weighted by Crippen LogP contribution is 2.35. The molecule has 3 heterocycles. The number of nitrogens with zero attached hydrogens (tertiary/aromatic N) is 3. The zero-order valence-electron chi connectivity index (χ0n) is 18.1. The van der Waals surface area contributed by atoms with Gasteiger partial charge in [0.05, 0.1) is 5.39 Å². The predicted octanol–water partition coefficient (Wildman–Crippen LogP) is 4.33. The van der Waals surface area contributed by atoms with Gasteiger partial charge in [0.25, 0.3) is 11.5 Å². The third-order valence-corrected chi connectivity index (χ3v) is 6.85. The second kappa shape index (κ2) is 8.63. The molecule has 166 valence electrons. The average molecular weight is 459 g/mol. The Hall–Kier alpha value is -3.78. The van der Waals surface area contributed by atoms with Crippen LogP contribution in [-0.4, -0.2) is 28.0 Å². The molecular formula is C25H22N4O3S. The standard InChI is InChI=1S/C25H22N4O3S/c1-16-21(17-7-3-2-4-8-17)22-24(33-16)26-15-29(25(22)32)27-23(31)18-10-12-19(13-11-18)28-14-6-5-9-20(28)30/h2-4,7-8,10-13,15H,5-6,9,14H2,1H3,(H,27,31). The summed E-state index contributed by atoms with van der Waals surface area (Å²) in [6.45, 7) is 2.65. The summed E-state index contributed by atoms with van der Waals surface area (Å²) in [4.78, 5) is 46.0. The molecule has 0 spiro atoms. The maximum Gasteiger partial charge on any atom is 0.281 e. The Balaban J connectivity index is 1.43. The molecule has 1 aliphatic rings. The number of carbonyl (C=O) groups excluding carboxylic acids is 2. The Kier molecular flexibility index (Phi) is 5.51. The number of nitrogens with one attached hydrogen (secondary N) is 1. The number of fused-ring (bicyclic) bond motifs is 1. The van der Waals surface area contributed by atoms with Gasteiger partial charge >= 0.3 is 0 Å². The molecule has 0 unspecified atom stereocenters. The van der Waals surface area contributed by atoms with E-state index in [1.165, 1.54) is 17.7 Å². The molecule has 2 aromatic heterocycles. The number of rotatable bonds is 4. The highest BCUT2D eigenvalue weighted by Gasteiger charge is 2.20. The fourth-order valence-corrected chi connectivity index (χ4v) is 5.18. The lowest BCUT2D eigenvalue weighted by Gasteiger charge is -2.26. The molecule has 1 aliphatic heterocycles. The van der Waals surface area contributed by atoms with Gasteiger partial charge in [-0.15, -0.1) is 11.3 Å². The van der Waals surface area contributed by atoms with Gasteiger partial charge in [-0.05, 0) is 49.6 Å². The summed E-state index contributed by atoms with van der Waals surface area (Å²) >= 11 is 1.46. The van der Waals surface area contributed by atoms with Crippen molar-refractivity contribution in [3.05, 3.63) is 81.7 Å². The number of thiophene rings is 1. The minimum Gasteiger partial charge on any atom is -0.312 e. The van der Waals surface area contributed by atoms with E-state index in [1.807, 2.05) is 37.3 Å². The van der Waals surface area contributed by atoms with Crippen LogP contribution in [0.1, 0.15) is 34.5 Å². The van der Waals surface area contributed by atoms with Crippen molar-refractivity contribution in [3.63, 3.8) is 0 Å². The molecule has 0 saturated carbocycles. The predicted molar refractivity (Wildman–Crippen MR) is 130 cm³/mol. The van der Waals surface area contributed by atoms with Crippen molar-refractivity contribution in [2.45, 2.75) is 26.2 Å². The number of hydrogen-bond acceptors (Lipinski definition) is 5. The van der Waals surface area contributed by atoms with E-state index in [1.54, 1.807) is 29.2 Å². The smallest absolute Gasteiger partial charge is 0.281 e. The van der Waals surface area contributed by atoms with Gasteiger partial charge in [0.1, 0.15) is 11.2 Å². The van der Waals surface area contributed by atoms with E-state index < -0.39 is 5.91 Å². The van der Waals surface area contributed by atoms with Crippen LogP contribution in [0, 0.1) is 6.92 Å². The first kappa shape index (κ1) is 21.1. The van der Waals surface area contributed by atoms with Crippen LogP contribution in [0.15, 0.2) is 65.7 Å². The number of anilines is 1. The van der Waals surface area contributed by atoms with E-state index in [2.05, 4.69) is 10.4 Å². The molecule has 5 rings (SSSR count). The van der Waals surface area contributed by atoms with E-state index in [0.717, 1.165) is 39.2 Å². The molecular weight excluding hydrogens is 436 g/mol. The maximum atomic E-state index is 13.3. The first-order valence-corrected chi connectivity index (χ1v) is 11.6. The fraction of sp³-hybridized carbons (Fsp3) is 0.200. The lowest BCUT2D eigenvalue weighted by molar-refractivity contribution is -0.119. The number of aromatic nitrogens is 2. The van der Waals surface area contributed by atoms with Crippen LogP contribution in [0.4, 0.5) is 5.69 Å². The third-order valence-electron chi connectivity index (χ3n) is 5.84. The van der Waals surface area contributed by atoms with E-state index in [9.17, 15) is 14.4 Å². The molecule has 8 heteroatoms. The number of benzene rings is 2. The number of aryl methyl sites for hydroxylation is 1. The molecule has 33 heavy (non-hydrogen) atoms. The van der Waals surface area contributed by atoms with E-state index >= 15 is 0 Å². The van der Waals surface area contributed by atoms with Crippen molar-refractivity contribution in [3.8, 4) is 11.1 Å². The molecule has 7 nitrogen and oxygen atoms in total. The lowest BCUT2D eigenvalue weighted by Crippen LogP contribution is -2.35. The van der Waals surface area contributed by atoms with Crippen LogP contribution < -0.4 is 15.9 Å². The number of hydrogen-bond donors (Lipinski definition) is 1. The largest absolute Gasteiger partial charge is 0.312 e. The fourth-order valence-electron chi connectivity index (χ4n) is 4.18. The quantitative estimate of drug-likeness (QED) is 0.493. The lowest BCUT2D eigenvalue weighted by atomic mass is 10.0. The Bertz CT molecular complexity index is 1410. The topological polar surface area (TPSA) is 84.3 Å². The average Bonchev–Trinajstić information content (AvgIpc) is 3.18. The zero-order valence-corrected chi connectivity index (χ0v) is 18.9. The summed E-state index contributed by atoms with van der Waals surface area (Å²) in [5.74, 6) is -0.326. The van der Waals surface area contributed by atoms with Gasteiger partial charge in [0.2, 0.25) is 5.91 Å². The van der Waals surface area contributed by atoms with Crippen molar-refractivity contribution >= 4 is 39.1 Å². The Morgan fingerprint density at radius 3 is 2.52 bits per heavy atom. The number of amides is 2. The molecule has 2 amide bonds. The van der Waals surface area contributed by atoms with Crippen LogP contribution >= 0.6 is 11.3 Å². The summed E-state index contributed by atoms with van der Waals surface area (Å²) in [5.41, 5.74) is 5.26. The van der Waals surface area contributed by atoms with Gasteiger partial charge in [-0.3, -0.25) is 19.8 Å². The van der Waals surface area contributed by atoms with Gasteiger partial charge < -0.3 is 4.90 Å². The molecule has 0 atom stereocenters. The molecule has 0 radical (unpaired) electrons. The molecule has 2 aromatic carbocycles. The number of piperidine rings is 1. The summed E-state index contributed by atoms with van der Waals surface area (Å²) in [6.07, 6.45) is 3.78. The monoisotopic (exact) mass is 458 g/mol. The molecule has 1 fully saturated rings. The van der Waals surface area contributed by atoms with Gasteiger partial charge in [0.15, 0.2) is 0 Å². The van der Waals surface area contributed by atoms with E-state index in [4.69, 9.17) is 0 Å². The van der Waals surface area contributed by atoms with Gasteiger partial charge in [-0.1, -0.05) is 30.3 Å². The van der Waals surface area contributed by atoms with Gasteiger partial charge in [-0.25, -0.2) is 9.66 Å². The van der Waals surface area contributed by atoms with Crippen LogP contribution in [0.2, 0.25) is 0 Å². The summed E-state index contributed by atoms with van der Waals surface area (Å²) in [5, 5.41) is 0.491. The summed E-state index contributed by atoms with van der Waals surface area (Å²) in [7, 11) is 0. The van der Waals surface area contributed by atoms with Crippen molar-refractivity contribution in [1.82, 2.24) is 9.66 Å². The van der Waals surface area contributed by atoms with E-state index in [-0.39, 0.29) is 11.5 Å². The molecule has 0 bridgehead atoms. The Morgan fingerprint density at radius 1 is 1.03 bits per heavy atom. The SMILES string of the molecule is Cc1sc2ncn(NC(=O)c3ccc(N4CCCCC4=O)cc3)c(=O)c2c1-c1ccccc1. The number of carbonyl (C=O) groups is 2. The zero-order chi connectivity index (χ0) is 22.9.